The van der Waals surface area contributed by atoms with Gasteiger partial charge in [0.2, 0.25) is 5.95 Å². The van der Waals surface area contributed by atoms with Gasteiger partial charge in [-0.2, -0.15) is 4.98 Å². The third-order valence-electron chi connectivity index (χ3n) is 4.57. The molecular weight excluding hydrogens is 346 g/mol. The van der Waals surface area contributed by atoms with Crippen molar-refractivity contribution in [2.75, 3.05) is 44.5 Å². The van der Waals surface area contributed by atoms with E-state index in [9.17, 15) is 4.79 Å². The first kappa shape index (κ1) is 18.9. The zero-order valence-electron chi connectivity index (χ0n) is 15.9. The Bertz CT molecular complexity index is 807. The van der Waals surface area contributed by atoms with Crippen molar-refractivity contribution >= 4 is 17.7 Å². The average Bonchev–Trinajstić information content (AvgIpc) is 2.92. The molecule has 1 amide bonds. The molecule has 144 valence electrons. The molecular formula is C19H25N5O3. The van der Waals surface area contributed by atoms with Crippen molar-refractivity contribution in [3.63, 3.8) is 0 Å². The van der Waals surface area contributed by atoms with Gasteiger partial charge in [0.25, 0.3) is 5.91 Å². The Morgan fingerprint density at radius 2 is 2.19 bits per heavy atom. The minimum Gasteiger partial charge on any atom is -0.496 e. The van der Waals surface area contributed by atoms with E-state index in [0.29, 0.717) is 24.5 Å². The summed E-state index contributed by atoms with van der Waals surface area (Å²) in [7, 11) is 3.23. The molecule has 1 aliphatic rings. The number of nitrogens with two attached hydrogens (primary N) is 1. The summed E-state index contributed by atoms with van der Waals surface area (Å²) in [6, 6.07) is 7.14. The van der Waals surface area contributed by atoms with E-state index in [4.69, 9.17) is 15.2 Å². The van der Waals surface area contributed by atoms with Crippen LogP contribution in [-0.4, -0.2) is 49.8 Å². The molecule has 2 aromatic rings. The molecule has 8 nitrogen and oxygen atoms in total. The van der Waals surface area contributed by atoms with Gasteiger partial charge in [0.1, 0.15) is 11.6 Å². The number of nitrogens with one attached hydrogen (secondary N) is 1. The molecule has 3 rings (SSSR count). The van der Waals surface area contributed by atoms with Gasteiger partial charge in [-0.3, -0.25) is 4.79 Å². The highest BCUT2D eigenvalue weighted by Crippen LogP contribution is 2.35. The second-order valence-electron chi connectivity index (χ2n) is 6.40. The van der Waals surface area contributed by atoms with Crippen LogP contribution in [0.5, 0.6) is 5.75 Å². The summed E-state index contributed by atoms with van der Waals surface area (Å²) in [5.41, 5.74) is 8.10. The number of methoxy groups -OCH3 is 1. The van der Waals surface area contributed by atoms with Crippen molar-refractivity contribution in [3.05, 3.63) is 41.1 Å². The molecule has 1 atom stereocenters. The van der Waals surface area contributed by atoms with Gasteiger partial charge in [-0.1, -0.05) is 0 Å². The number of carbonyl (C=O) groups excluding carboxylic acids is 1. The average molecular weight is 371 g/mol. The molecule has 0 radical (unpaired) electrons. The lowest BCUT2D eigenvalue weighted by atomic mass is 10.0. The van der Waals surface area contributed by atoms with Crippen molar-refractivity contribution in [1.82, 2.24) is 15.3 Å². The smallest absolute Gasteiger partial charge is 0.251 e. The van der Waals surface area contributed by atoms with Crippen molar-refractivity contribution < 1.29 is 14.3 Å². The highest BCUT2D eigenvalue weighted by molar-refractivity contribution is 5.94. The fourth-order valence-corrected chi connectivity index (χ4v) is 3.31. The summed E-state index contributed by atoms with van der Waals surface area (Å²) in [5.74, 6) is 1.52. The quantitative estimate of drug-likeness (QED) is 0.843. The second-order valence-corrected chi connectivity index (χ2v) is 6.40. The standard InChI is InChI=1S/C19H25N5O3/c1-12-9-17(23-19(20)22-12)24-7-4-8-27-11-15(24)14-10-13(18(25)21-2)5-6-16(14)26-3/h5-6,9-10,15H,4,7-8,11H2,1-3H3,(H,21,25)(H2,20,22,23). The van der Waals surface area contributed by atoms with Gasteiger partial charge >= 0.3 is 0 Å². The summed E-state index contributed by atoms with van der Waals surface area (Å²) in [5, 5.41) is 2.66. The number of anilines is 2. The summed E-state index contributed by atoms with van der Waals surface area (Å²) in [4.78, 5) is 22.9. The minimum absolute atomic E-state index is 0.151. The molecule has 2 heterocycles. The van der Waals surface area contributed by atoms with Gasteiger partial charge in [-0.25, -0.2) is 4.98 Å². The van der Waals surface area contributed by atoms with Gasteiger partial charge in [0.05, 0.1) is 19.8 Å². The van der Waals surface area contributed by atoms with Crippen LogP contribution in [0.3, 0.4) is 0 Å². The predicted molar refractivity (Wildman–Crippen MR) is 103 cm³/mol. The molecule has 0 bridgehead atoms. The van der Waals surface area contributed by atoms with Crippen molar-refractivity contribution in [3.8, 4) is 5.75 Å². The monoisotopic (exact) mass is 371 g/mol. The number of amides is 1. The molecule has 0 spiro atoms. The Kier molecular flexibility index (Phi) is 5.75. The molecule has 0 saturated carbocycles. The van der Waals surface area contributed by atoms with Gasteiger partial charge in [-0.05, 0) is 31.5 Å². The second kappa shape index (κ2) is 8.22. The fraction of sp³-hybridized carbons (Fsp3) is 0.421. The van der Waals surface area contributed by atoms with E-state index in [1.54, 1.807) is 20.2 Å². The Labute approximate surface area is 158 Å². The largest absolute Gasteiger partial charge is 0.496 e. The zero-order chi connectivity index (χ0) is 19.4. The first-order chi connectivity index (χ1) is 13.0. The van der Waals surface area contributed by atoms with Crippen LogP contribution in [0.1, 0.15) is 34.1 Å². The SMILES string of the molecule is CNC(=O)c1ccc(OC)c(C2COCCCN2c2cc(C)nc(N)n2)c1. The topological polar surface area (TPSA) is 103 Å². The third-order valence-corrected chi connectivity index (χ3v) is 4.57. The summed E-state index contributed by atoms with van der Waals surface area (Å²) < 4.78 is 11.4. The minimum atomic E-state index is -0.166. The number of nitrogen functional groups attached to an aromatic ring is 1. The normalized spacial score (nSPS) is 17.3. The third kappa shape index (κ3) is 4.11. The summed E-state index contributed by atoms with van der Waals surface area (Å²) >= 11 is 0. The maximum atomic E-state index is 12.1. The zero-order valence-corrected chi connectivity index (χ0v) is 15.9. The molecule has 1 saturated heterocycles. The fourth-order valence-electron chi connectivity index (χ4n) is 3.31. The summed E-state index contributed by atoms with van der Waals surface area (Å²) in [6.45, 7) is 3.74. The number of hydrogen-bond acceptors (Lipinski definition) is 7. The van der Waals surface area contributed by atoms with E-state index in [1.165, 1.54) is 0 Å². The Morgan fingerprint density at radius 1 is 1.37 bits per heavy atom. The van der Waals surface area contributed by atoms with Crippen molar-refractivity contribution in [2.24, 2.45) is 0 Å². The van der Waals surface area contributed by atoms with Gasteiger partial charge in [0.15, 0.2) is 0 Å². The molecule has 1 unspecified atom stereocenters. The van der Waals surface area contributed by atoms with Crippen LogP contribution in [0.2, 0.25) is 0 Å². The maximum Gasteiger partial charge on any atom is 0.251 e. The van der Waals surface area contributed by atoms with E-state index >= 15 is 0 Å². The van der Waals surface area contributed by atoms with Crippen LogP contribution < -0.4 is 20.7 Å². The van der Waals surface area contributed by atoms with Gasteiger partial charge < -0.3 is 25.4 Å². The Hall–Kier alpha value is -2.87. The van der Waals surface area contributed by atoms with E-state index in [2.05, 4.69) is 20.2 Å². The predicted octanol–water partition coefficient (Wildman–Crippen LogP) is 1.70. The first-order valence-electron chi connectivity index (χ1n) is 8.89. The number of aryl methyl sites for hydroxylation is 1. The molecule has 3 N–H and O–H groups in total. The molecule has 0 aliphatic carbocycles. The highest BCUT2D eigenvalue weighted by atomic mass is 16.5. The summed E-state index contributed by atoms with van der Waals surface area (Å²) in [6.07, 6.45) is 0.858. The lowest BCUT2D eigenvalue weighted by molar-refractivity contribution is 0.0962. The van der Waals surface area contributed by atoms with Gasteiger partial charge in [0, 0.05) is 43.1 Å². The van der Waals surface area contributed by atoms with Crippen molar-refractivity contribution in [1.29, 1.82) is 0 Å². The number of benzene rings is 1. The number of nitrogens with zero attached hydrogens (tertiary/aromatic N) is 3. The van der Waals surface area contributed by atoms with Crippen molar-refractivity contribution in [2.45, 2.75) is 19.4 Å². The number of carbonyl (C=O) groups is 1. The van der Waals surface area contributed by atoms with E-state index < -0.39 is 0 Å². The van der Waals surface area contributed by atoms with E-state index in [-0.39, 0.29) is 17.9 Å². The number of ether oxygens (including phenoxy) is 2. The van der Waals surface area contributed by atoms with Crippen LogP contribution in [-0.2, 0) is 4.74 Å². The highest BCUT2D eigenvalue weighted by Gasteiger charge is 2.28. The lowest BCUT2D eigenvalue weighted by Crippen LogP contribution is -2.32. The molecule has 1 aliphatic heterocycles. The molecule has 1 aromatic heterocycles. The lowest BCUT2D eigenvalue weighted by Gasteiger charge is -2.32. The van der Waals surface area contributed by atoms with Crippen LogP contribution in [0.4, 0.5) is 11.8 Å². The van der Waals surface area contributed by atoms with Crippen LogP contribution >= 0.6 is 0 Å². The van der Waals surface area contributed by atoms with Crippen LogP contribution in [0.25, 0.3) is 0 Å². The number of aromatic nitrogens is 2. The van der Waals surface area contributed by atoms with Crippen LogP contribution in [0, 0.1) is 6.92 Å². The van der Waals surface area contributed by atoms with Crippen LogP contribution in [0.15, 0.2) is 24.3 Å². The van der Waals surface area contributed by atoms with E-state index in [0.717, 1.165) is 30.0 Å². The molecule has 1 aromatic carbocycles. The Balaban J connectivity index is 2.09. The van der Waals surface area contributed by atoms with Gasteiger partial charge in [-0.15, -0.1) is 0 Å². The number of rotatable bonds is 4. The number of hydrogen-bond donors (Lipinski definition) is 2. The molecule has 27 heavy (non-hydrogen) atoms. The molecule has 8 heteroatoms. The maximum absolute atomic E-state index is 12.1. The van der Waals surface area contributed by atoms with E-state index in [1.807, 2.05) is 25.1 Å². The Morgan fingerprint density at radius 3 is 2.89 bits per heavy atom. The molecule has 1 fully saturated rings. The first-order valence-corrected chi connectivity index (χ1v) is 8.89.